The number of carbonyl (C=O) groups is 1. The number of piperidine rings is 1. The molecule has 3 aliphatic rings. The molecule has 2 saturated heterocycles. The van der Waals surface area contributed by atoms with E-state index < -0.39 is 0 Å². The Balaban J connectivity index is 1.63. The second-order valence-electron chi connectivity index (χ2n) is 6.75. The molecule has 1 saturated carbocycles. The first-order chi connectivity index (χ1) is 9.16. The standard InChI is InChI=1S/C15H27N3O/c1-17-8-4-6-12(10-17)18(2)15(19)14-13-7-3-5-11(13)9-16-14/h11-14,16H,3-10H2,1-2H3. The van der Waals surface area contributed by atoms with Crippen LogP contribution < -0.4 is 5.32 Å². The maximum absolute atomic E-state index is 12.7. The van der Waals surface area contributed by atoms with Crippen LogP contribution in [0.25, 0.3) is 0 Å². The molecule has 0 spiro atoms. The molecule has 1 N–H and O–H groups in total. The van der Waals surface area contributed by atoms with Crippen LogP contribution in [-0.4, -0.2) is 61.5 Å². The first-order valence-corrected chi connectivity index (χ1v) is 7.85. The van der Waals surface area contributed by atoms with Gasteiger partial charge >= 0.3 is 0 Å². The van der Waals surface area contributed by atoms with Crippen molar-refractivity contribution in [2.45, 2.75) is 44.2 Å². The lowest BCUT2D eigenvalue weighted by Crippen LogP contribution is -2.53. The summed E-state index contributed by atoms with van der Waals surface area (Å²) in [6.45, 7) is 3.26. The van der Waals surface area contributed by atoms with Crippen LogP contribution in [0, 0.1) is 11.8 Å². The molecule has 2 heterocycles. The summed E-state index contributed by atoms with van der Waals surface area (Å²) in [5, 5.41) is 3.48. The van der Waals surface area contributed by atoms with Gasteiger partial charge in [-0.05, 0) is 57.7 Å². The van der Waals surface area contributed by atoms with E-state index in [0.717, 1.165) is 25.4 Å². The van der Waals surface area contributed by atoms with Crippen molar-refractivity contribution >= 4 is 5.91 Å². The van der Waals surface area contributed by atoms with E-state index >= 15 is 0 Å². The molecule has 3 rings (SSSR count). The molecule has 1 aliphatic carbocycles. The van der Waals surface area contributed by atoms with Gasteiger partial charge in [-0.25, -0.2) is 0 Å². The molecule has 0 aromatic heterocycles. The van der Waals surface area contributed by atoms with Crippen LogP contribution in [0.15, 0.2) is 0 Å². The van der Waals surface area contributed by atoms with Crippen molar-refractivity contribution in [1.29, 1.82) is 0 Å². The third-order valence-electron chi connectivity index (χ3n) is 5.51. The van der Waals surface area contributed by atoms with Crippen LogP contribution in [0.2, 0.25) is 0 Å². The molecule has 3 fully saturated rings. The number of amides is 1. The number of nitrogens with one attached hydrogen (secondary N) is 1. The highest BCUT2D eigenvalue weighted by Crippen LogP contribution is 2.38. The minimum Gasteiger partial charge on any atom is -0.340 e. The molecule has 4 nitrogen and oxygen atoms in total. The number of nitrogens with zero attached hydrogens (tertiary/aromatic N) is 2. The molecule has 4 unspecified atom stereocenters. The summed E-state index contributed by atoms with van der Waals surface area (Å²) in [6.07, 6.45) is 6.25. The van der Waals surface area contributed by atoms with Crippen LogP contribution in [-0.2, 0) is 4.79 Å². The summed E-state index contributed by atoms with van der Waals surface area (Å²) < 4.78 is 0. The molecule has 2 aliphatic heterocycles. The Morgan fingerprint density at radius 3 is 2.89 bits per heavy atom. The van der Waals surface area contributed by atoms with Gasteiger partial charge in [0.25, 0.3) is 0 Å². The maximum atomic E-state index is 12.7. The van der Waals surface area contributed by atoms with E-state index in [1.165, 1.54) is 32.2 Å². The minimum atomic E-state index is 0.102. The van der Waals surface area contributed by atoms with Crippen molar-refractivity contribution in [1.82, 2.24) is 15.1 Å². The number of fused-ring (bicyclic) bond motifs is 1. The Morgan fingerprint density at radius 1 is 1.26 bits per heavy atom. The Hall–Kier alpha value is -0.610. The quantitative estimate of drug-likeness (QED) is 0.807. The number of likely N-dealkylation sites (N-methyl/N-ethyl adjacent to an activating group) is 2. The number of likely N-dealkylation sites (tertiary alicyclic amines) is 1. The number of rotatable bonds is 2. The topological polar surface area (TPSA) is 35.6 Å². The Labute approximate surface area is 116 Å². The van der Waals surface area contributed by atoms with E-state index in [0.29, 0.717) is 17.9 Å². The molecule has 108 valence electrons. The lowest BCUT2D eigenvalue weighted by molar-refractivity contribution is -0.135. The molecule has 0 radical (unpaired) electrons. The Bertz CT molecular complexity index is 346. The SMILES string of the molecule is CN1CCCC(N(C)C(=O)C2NCC3CCCC32)C1. The van der Waals surface area contributed by atoms with Gasteiger partial charge in [-0.15, -0.1) is 0 Å². The van der Waals surface area contributed by atoms with Crippen molar-refractivity contribution < 1.29 is 4.79 Å². The smallest absolute Gasteiger partial charge is 0.240 e. The average molecular weight is 265 g/mol. The summed E-state index contributed by atoms with van der Waals surface area (Å²) in [6, 6.07) is 0.512. The van der Waals surface area contributed by atoms with Gasteiger partial charge < -0.3 is 15.1 Å². The Kier molecular flexibility index (Phi) is 3.81. The lowest BCUT2D eigenvalue weighted by atomic mass is 9.92. The van der Waals surface area contributed by atoms with Crippen molar-refractivity contribution in [3.8, 4) is 0 Å². The van der Waals surface area contributed by atoms with Gasteiger partial charge in [0.15, 0.2) is 0 Å². The molecular formula is C15H27N3O. The van der Waals surface area contributed by atoms with Crippen molar-refractivity contribution in [3.05, 3.63) is 0 Å². The molecule has 0 aromatic carbocycles. The summed E-state index contributed by atoms with van der Waals surface area (Å²) in [7, 11) is 4.17. The first-order valence-electron chi connectivity index (χ1n) is 7.85. The van der Waals surface area contributed by atoms with Gasteiger partial charge in [-0.3, -0.25) is 4.79 Å². The van der Waals surface area contributed by atoms with E-state index in [1.54, 1.807) is 0 Å². The third-order valence-corrected chi connectivity index (χ3v) is 5.51. The fraction of sp³-hybridized carbons (Fsp3) is 0.933. The van der Waals surface area contributed by atoms with Crippen LogP contribution in [0.5, 0.6) is 0 Å². The molecular weight excluding hydrogens is 238 g/mol. The summed E-state index contributed by atoms with van der Waals surface area (Å²) in [5.74, 6) is 1.71. The molecule has 4 heteroatoms. The number of hydrogen-bond donors (Lipinski definition) is 1. The second-order valence-corrected chi connectivity index (χ2v) is 6.75. The molecule has 0 bridgehead atoms. The first kappa shape index (κ1) is 13.4. The fourth-order valence-electron chi connectivity index (χ4n) is 4.31. The summed E-state index contributed by atoms with van der Waals surface area (Å²) in [5.41, 5.74) is 0. The maximum Gasteiger partial charge on any atom is 0.240 e. The fourth-order valence-corrected chi connectivity index (χ4v) is 4.31. The average Bonchev–Trinajstić information content (AvgIpc) is 2.99. The van der Waals surface area contributed by atoms with E-state index in [1.807, 2.05) is 11.9 Å². The van der Waals surface area contributed by atoms with Crippen LogP contribution >= 0.6 is 0 Å². The predicted octanol–water partition coefficient (Wildman–Crippen LogP) is 0.927. The van der Waals surface area contributed by atoms with Gasteiger partial charge in [0.1, 0.15) is 0 Å². The van der Waals surface area contributed by atoms with Gasteiger partial charge in [-0.1, -0.05) is 6.42 Å². The summed E-state index contributed by atoms with van der Waals surface area (Å²) >= 11 is 0. The van der Waals surface area contributed by atoms with E-state index in [2.05, 4.69) is 17.3 Å². The van der Waals surface area contributed by atoms with Gasteiger partial charge in [0.2, 0.25) is 5.91 Å². The van der Waals surface area contributed by atoms with Gasteiger partial charge in [-0.2, -0.15) is 0 Å². The van der Waals surface area contributed by atoms with Crippen molar-refractivity contribution in [2.24, 2.45) is 11.8 Å². The largest absolute Gasteiger partial charge is 0.340 e. The number of hydrogen-bond acceptors (Lipinski definition) is 3. The van der Waals surface area contributed by atoms with E-state index in [9.17, 15) is 4.79 Å². The van der Waals surface area contributed by atoms with Gasteiger partial charge in [0.05, 0.1) is 6.04 Å². The lowest BCUT2D eigenvalue weighted by Gasteiger charge is -2.37. The predicted molar refractivity (Wildman–Crippen MR) is 75.9 cm³/mol. The monoisotopic (exact) mass is 265 g/mol. The molecule has 0 aromatic rings. The zero-order valence-electron chi connectivity index (χ0n) is 12.3. The zero-order chi connectivity index (χ0) is 13.4. The van der Waals surface area contributed by atoms with Crippen molar-refractivity contribution in [3.63, 3.8) is 0 Å². The van der Waals surface area contributed by atoms with Crippen LogP contribution in [0.4, 0.5) is 0 Å². The number of carbonyl (C=O) groups excluding carboxylic acids is 1. The Morgan fingerprint density at radius 2 is 2.11 bits per heavy atom. The third kappa shape index (κ3) is 2.52. The van der Waals surface area contributed by atoms with Gasteiger partial charge in [0, 0.05) is 19.6 Å². The van der Waals surface area contributed by atoms with Crippen LogP contribution in [0.3, 0.4) is 0 Å². The zero-order valence-corrected chi connectivity index (χ0v) is 12.3. The highest BCUT2D eigenvalue weighted by molar-refractivity contribution is 5.82. The summed E-state index contributed by atoms with van der Waals surface area (Å²) in [4.78, 5) is 17.1. The van der Waals surface area contributed by atoms with E-state index in [-0.39, 0.29) is 6.04 Å². The van der Waals surface area contributed by atoms with Crippen LogP contribution in [0.1, 0.15) is 32.1 Å². The molecule has 4 atom stereocenters. The second kappa shape index (κ2) is 5.41. The van der Waals surface area contributed by atoms with Crippen molar-refractivity contribution in [2.75, 3.05) is 33.7 Å². The highest BCUT2D eigenvalue weighted by atomic mass is 16.2. The molecule has 1 amide bonds. The van der Waals surface area contributed by atoms with E-state index in [4.69, 9.17) is 0 Å². The normalized spacial score (nSPS) is 39.3. The minimum absolute atomic E-state index is 0.102. The molecule has 19 heavy (non-hydrogen) atoms. The highest BCUT2D eigenvalue weighted by Gasteiger charge is 2.44.